The third-order valence-corrected chi connectivity index (χ3v) is 5.54. The Labute approximate surface area is 127 Å². The predicted molar refractivity (Wildman–Crippen MR) is 83.9 cm³/mol. The van der Waals surface area contributed by atoms with Crippen LogP contribution in [-0.4, -0.2) is 53.9 Å². The number of nitrogens with two attached hydrogens (primary N) is 1. The molecule has 2 N–H and O–H groups in total. The van der Waals surface area contributed by atoms with Crippen molar-refractivity contribution in [2.24, 2.45) is 16.6 Å². The van der Waals surface area contributed by atoms with Crippen LogP contribution in [0.1, 0.15) is 51.4 Å². The SMILES string of the molecule is CN=C(N)N(C)C1C[C@H]2CCC[C@@H](C1)N2C(=O)CC1CC1. The Morgan fingerprint density at radius 1 is 1.24 bits per heavy atom. The minimum Gasteiger partial charge on any atom is -0.370 e. The number of hydrogen-bond acceptors (Lipinski definition) is 2. The molecule has 3 rings (SSSR count). The fourth-order valence-corrected chi connectivity index (χ4v) is 4.10. The van der Waals surface area contributed by atoms with Gasteiger partial charge in [-0.1, -0.05) is 0 Å². The van der Waals surface area contributed by atoms with Gasteiger partial charge in [-0.15, -0.1) is 0 Å². The first-order chi connectivity index (χ1) is 10.1. The summed E-state index contributed by atoms with van der Waals surface area (Å²) in [6.45, 7) is 0. The molecule has 3 aliphatic rings. The summed E-state index contributed by atoms with van der Waals surface area (Å²) in [7, 11) is 3.77. The minimum absolute atomic E-state index is 0.408. The molecule has 1 amide bonds. The molecular weight excluding hydrogens is 264 g/mol. The van der Waals surface area contributed by atoms with Crippen LogP contribution in [0.4, 0.5) is 0 Å². The average Bonchev–Trinajstić information content (AvgIpc) is 3.28. The van der Waals surface area contributed by atoms with E-state index in [4.69, 9.17) is 5.73 Å². The number of carbonyl (C=O) groups excluding carboxylic acids is 1. The number of guanidine groups is 1. The van der Waals surface area contributed by atoms with Crippen LogP contribution in [0, 0.1) is 5.92 Å². The van der Waals surface area contributed by atoms with E-state index in [0.717, 1.165) is 32.1 Å². The van der Waals surface area contributed by atoms with E-state index in [0.29, 0.717) is 35.9 Å². The molecule has 1 unspecified atom stereocenters. The Balaban J connectivity index is 1.68. The van der Waals surface area contributed by atoms with E-state index in [1.54, 1.807) is 7.05 Å². The van der Waals surface area contributed by atoms with E-state index < -0.39 is 0 Å². The van der Waals surface area contributed by atoms with E-state index in [9.17, 15) is 4.79 Å². The third kappa shape index (κ3) is 3.01. The van der Waals surface area contributed by atoms with Gasteiger partial charge >= 0.3 is 0 Å². The van der Waals surface area contributed by atoms with Crippen LogP contribution < -0.4 is 5.73 Å². The molecule has 3 atom stereocenters. The van der Waals surface area contributed by atoms with Crippen molar-refractivity contribution in [1.82, 2.24) is 9.80 Å². The van der Waals surface area contributed by atoms with E-state index in [1.165, 1.54) is 19.3 Å². The zero-order valence-electron chi connectivity index (χ0n) is 13.3. The maximum absolute atomic E-state index is 12.6. The molecule has 1 aliphatic carbocycles. The van der Waals surface area contributed by atoms with Crippen molar-refractivity contribution in [2.75, 3.05) is 14.1 Å². The van der Waals surface area contributed by atoms with Crippen LogP contribution >= 0.6 is 0 Å². The second kappa shape index (κ2) is 5.85. The lowest BCUT2D eigenvalue weighted by atomic mass is 9.81. The third-order valence-electron chi connectivity index (χ3n) is 5.54. The fraction of sp³-hybridized carbons (Fsp3) is 0.875. The minimum atomic E-state index is 0.408. The summed E-state index contributed by atoms with van der Waals surface area (Å²) in [5.41, 5.74) is 5.96. The van der Waals surface area contributed by atoms with Crippen molar-refractivity contribution in [3.8, 4) is 0 Å². The van der Waals surface area contributed by atoms with Crippen LogP contribution in [-0.2, 0) is 4.79 Å². The van der Waals surface area contributed by atoms with Gasteiger partial charge in [0.15, 0.2) is 5.96 Å². The maximum atomic E-state index is 12.6. The molecular formula is C16H28N4O. The van der Waals surface area contributed by atoms with Crippen LogP contribution in [0.3, 0.4) is 0 Å². The molecule has 0 aromatic rings. The van der Waals surface area contributed by atoms with Crippen LogP contribution in [0.15, 0.2) is 4.99 Å². The summed E-state index contributed by atoms with van der Waals surface area (Å²) in [6.07, 6.45) is 8.94. The topological polar surface area (TPSA) is 61.9 Å². The molecule has 1 saturated carbocycles. The average molecular weight is 292 g/mol. The van der Waals surface area contributed by atoms with Crippen molar-refractivity contribution in [2.45, 2.75) is 69.5 Å². The van der Waals surface area contributed by atoms with Crippen molar-refractivity contribution < 1.29 is 4.79 Å². The lowest BCUT2D eigenvalue weighted by molar-refractivity contribution is -0.142. The highest BCUT2D eigenvalue weighted by Crippen LogP contribution is 2.39. The molecule has 0 spiro atoms. The Bertz CT molecular complexity index is 418. The highest BCUT2D eigenvalue weighted by atomic mass is 16.2. The van der Waals surface area contributed by atoms with Crippen LogP contribution in [0.5, 0.6) is 0 Å². The number of fused-ring (bicyclic) bond motifs is 2. The summed E-state index contributed by atoms with van der Waals surface area (Å²) >= 11 is 0. The van der Waals surface area contributed by atoms with Crippen molar-refractivity contribution in [3.05, 3.63) is 0 Å². The molecule has 2 heterocycles. The fourth-order valence-electron chi connectivity index (χ4n) is 4.10. The van der Waals surface area contributed by atoms with Gasteiger partial charge < -0.3 is 15.5 Å². The largest absolute Gasteiger partial charge is 0.370 e. The molecule has 21 heavy (non-hydrogen) atoms. The molecule has 0 aromatic heterocycles. The first-order valence-corrected chi connectivity index (χ1v) is 8.36. The summed E-state index contributed by atoms with van der Waals surface area (Å²) in [4.78, 5) is 21.0. The van der Waals surface area contributed by atoms with Crippen LogP contribution in [0.25, 0.3) is 0 Å². The lowest BCUT2D eigenvalue weighted by Crippen LogP contribution is -2.59. The molecule has 2 saturated heterocycles. The lowest BCUT2D eigenvalue weighted by Gasteiger charge is -2.50. The summed E-state index contributed by atoms with van der Waals surface area (Å²) < 4.78 is 0. The predicted octanol–water partition coefficient (Wildman–Crippen LogP) is 1.57. The van der Waals surface area contributed by atoms with E-state index >= 15 is 0 Å². The van der Waals surface area contributed by atoms with Gasteiger partial charge in [-0.25, -0.2) is 0 Å². The molecule has 5 heteroatoms. The number of rotatable bonds is 3. The second-order valence-electron chi connectivity index (χ2n) is 7.00. The molecule has 5 nitrogen and oxygen atoms in total. The Kier molecular flexibility index (Phi) is 4.09. The normalized spacial score (nSPS) is 33.0. The van der Waals surface area contributed by atoms with Gasteiger partial charge in [0, 0.05) is 38.6 Å². The van der Waals surface area contributed by atoms with Gasteiger partial charge in [-0.3, -0.25) is 9.79 Å². The van der Waals surface area contributed by atoms with Gasteiger partial charge in [0.2, 0.25) is 5.91 Å². The van der Waals surface area contributed by atoms with E-state index in [1.807, 2.05) is 7.05 Å². The first-order valence-electron chi connectivity index (χ1n) is 8.36. The van der Waals surface area contributed by atoms with E-state index in [-0.39, 0.29) is 0 Å². The number of aliphatic imine (C=N–C) groups is 1. The standard InChI is InChI=1S/C16H28N4O/c1-18-16(17)19(2)14-9-12-4-3-5-13(10-14)20(12)15(21)8-11-6-7-11/h11-14H,3-10H2,1-2H3,(H2,17,18)/t12-,13+,14?. The van der Waals surface area contributed by atoms with Crippen molar-refractivity contribution in [1.29, 1.82) is 0 Å². The summed E-state index contributed by atoms with van der Waals surface area (Å²) in [5.74, 6) is 1.70. The molecule has 2 bridgehead atoms. The number of piperidine rings is 2. The monoisotopic (exact) mass is 292 g/mol. The second-order valence-corrected chi connectivity index (χ2v) is 7.00. The van der Waals surface area contributed by atoms with Gasteiger partial charge in [0.05, 0.1) is 0 Å². The molecule has 0 aromatic carbocycles. The Morgan fingerprint density at radius 2 is 1.86 bits per heavy atom. The Morgan fingerprint density at radius 3 is 2.38 bits per heavy atom. The number of carbonyl (C=O) groups is 1. The highest BCUT2D eigenvalue weighted by molar-refractivity contribution is 5.79. The van der Waals surface area contributed by atoms with Gasteiger partial charge in [0.1, 0.15) is 0 Å². The quantitative estimate of drug-likeness (QED) is 0.634. The highest BCUT2D eigenvalue weighted by Gasteiger charge is 2.43. The molecule has 2 aliphatic heterocycles. The van der Waals surface area contributed by atoms with Crippen LogP contribution in [0.2, 0.25) is 0 Å². The van der Waals surface area contributed by atoms with E-state index in [2.05, 4.69) is 14.8 Å². The van der Waals surface area contributed by atoms with Crippen molar-refractivity contribution >= 4 is 11.9 Å². The Hall–Kier alpha value is -1.26. The van der Waals surface area contributed by atoms with Gasteiger partial charge in [0.25, 0.3) is 0 Å². The zero-order valence-corrected chi connectivity index (χ0v) is 13.3. The number of hydrogen-bond donors (Lipinski definition) is 1. The molecule has 3 fully saturated rings. The number of amides is 1. The number of nitrogens with zero attached hydrogens (tertiary/aromatic N) is 3. The molecule has 0 radical (unpaired) electrons. The maximum Gasteiger partial charge on any atom is 0.223 e. The van der Waals surface area contributed by atoms with Gasteiger partial charge in [-0.2, -0.15) is 0 Å². The summed E-state index contributed by atoms with van der Waals surface area (Å²) in [6, 6.07) is 1.26. The molecule has 118 valence electrons. The van der Waals surface area contributed by atoms with Gasteiger partial charge in [-0.05, 0) is 50.9 Å². The smallest absolute Gasteiger partial charge is 0.223 e. The zero-order chi connectivity index (χ0) is 15.0. The summed E-state index contributed by atoms with van der Waals surface area (Å²) in [5, 5.41) is 0. The van der Waals surface area contributed by atoms with Crippen molar-refractivity contribution in [3.63, 3.8) is 0 Å². The first kappa shape index (κ1) is 14.7.